The summed E-state index contributed by atoms with van der Waals surface area (Å²) >= 11 is 0. The second kappa shape index (κ2) is 9.43. The molecule has 1 aliphatic rings. The van der Waals surface area contributed by atoms with Gasteiger partial charge >= 0.3 is 0 Å². The minimum absolute atomic E-state index is 0.0942. The molecule has 0 atom stereocenters. The number of aromatic nitrogens is 2. The van der Waals surface area contributed by atoms with Crippen LogP contribution >= 0.6 is 0 Å². The molecule has 6 nitrogen and oxygen atoms in total. The summed E-state index contributed by atoms with van der Waals surface area (Å²) in [5.74, 6) is -0.376. The van der Waals surface area contributed by atoms with E-state index in [0.717, 1.165) is 43.5 Å². The molecule has 1 aromatic heterocycles. The Bertz CT molecular complexity index is 1080. The van der Waals surface area contributed by atoms with Crippen molar-refractivity contribution in [2.75, 3.05) is 18.4 Å². The summed E-state index contributed by atoms with van der Waals surface area (Å²) in [7, 11) is 1.73. The second-order valence-corrected chi connectivity index (χ2v) is 7.67. The lowest BCUT2D eigenvalue weighted by atomic mass is 10.0. The van der Waals surface area contributed by atoms with Crippen molar-refractivity contribution >= 4 is 29.2 Å². The molecule has 0 spiro atoms. The number of nitrogens with one attached hydrogen (secondary N) is 1. The molecule has 1 fully saturated rings. The van der Waals surface area contributed by atoms with Crippen LogP contribution in [-0.2, 0) is 11.8 Å². The van der Waals surface area contributed by atoms with E-state index in [0.29, 0.717) is 17.0 Å². The van der Waals surface area contributed by atoms with Crippen molar-refractivity contribution in [2.45, 2.75) is 19.3 Å². The summed E-state index contributed by atoms with van der Waals surface area (Å²) in [4.78, 5) is 28.3. The van der Waals surface area contributed by atoms with E-state index in [2.05, 4.69) is 10.4 Å². The van der Waals surface area contributed by atoms with Gasteiger partial charge in [0.1, 0.15) is 5.69 Å². The number of piperidine rings is 1. The number of hydrogen-bond donors (Lipinski definition) is 1. The zero-order chi connectivity index (χ0) is 21.6. The van der Waals surface area contributed by atoms with Crippen molar-refractivity contribution in [3.8, 4) is 0 Å². The van der Waals surface area contributed by atoms with Crippen LogP contribution in [0.15, 0.2) is 66.9 Å². The highest BCUT2D eigenvalue weighted by atomic mass is 16.2. The van der Waals surface area contributed by atoms with E-state index in [-0.39, 0.29) is 11.8 Å². The highest BCUT2D eigenvalue weighted by Crippen LogP contribution is 2.24. The standard InChI is InChI=1S/C25H26N4O2/c1-28-23(25(31)29-15-9-4-10-16-29)22(18-26-28)27-24(30)21(20-13-7-3-8-14-20)17-19-11-5-2-6-12-19/h2-3,5-8,11-14,17-18H,4,9-10,15-16H2,1H3,(H,27,30)/b21-17-. The quantitative estimate of drug-likeness (QED) is 0.502. The average Bonchev–Trinajstić information content (AvgIpc) is 3.18. The van der Waals surface area contributed by atoms with E-state index in [1.807, 2.05) is 71.6 Å². The van der Waals surface area contributed by atoms with Gasteiger partial charge in [-0.3, -0.25) is 14.3 Å². The maximum absolute atomic E-state index is 13.3. The van der Waals surface area contributed by atoms with Gasteiger partial charge in [-0.25, -0.2) is 0 Å². The maximum atomic E-state index is 13.3. The van der Waals surface area contributed by atoms with E-state index in [1.54, 1.807) is 13.2 Å². The highest BCUT2D eigenvalue weighted by Gasteiger charge is 2.25. The Kier molecular flexibility index (Phi) is 6.26. The SMILES string of the molecule is Cn1ncc(NC(=O)/C(=C\c2ccccc2)c2ccccc2)c1C(=O)N1CCCCC1. The fraction of sp³-hybridized carbons (Fsp3) is 0.240. The largest absolute Gasteiger partial charge is 0.337 e. The molecule has 6 heteroatoms. The third kappa shape index (κ3) is 4.74. The molecule has 2 amide bonds. The van der Waals surface area contributed by atoms with Crippen LogP contribution in [0, 0.1) is 0 Å². The highest BCUT2D eigenvalue weighted by molar-refractivity contribution is 6.29. The van der Waals surface area contributed by atoms with Gasteiger partial charge in [-0.05, 0) is 36.5 Å². The van der Waals surface area contributed by atoms with Gasteiger partial charge in [-0.15, -0.1) is 0 Å². The Balaban J connectivity index is 1.64. The molecule has 2 aromatic carbocycles. The maximum Gasteiger partial charge on any atom is 0.274 e. The van der Waals surface area contributed by atoms with Gasteiger partial charge in [-0.2, -0.15) is 5.10 Å². The van der Waals surface area contributed by atoms with E-state index >= 15 is 0 Å². The predicted octanol–water partition coefficient (Wildman–Crippen LogP) is 4.23. The number of benzene rings is 2. The Morgan fingerprint density at radius 3 is 2.26 bits per heavy atom. The molecule has 0 unspecified atom stereocenters. The summed E-state index contributed by atoms with van der Waals surface area (Å²) in [6, 6.07) is 19.2. The van der Waals surface area contributed by atoms with E-state index in [9.17, 15) is 9.59 Å². The molecular weight excluding hydrogens is 388 g/mol. The van der Waals surface area contributed by atoms with Crippen molar-refractivity contribution in [3.63, 3.8) is 0 Å². The molecule has 0 saturated carbocycles. The van der Waals surface area contributed by atoms with Crippen molar-refractivity contribution in [1.82, 2.24) is 14.7 Å². The van der Waals surface area contributed by atoms with Gasteiger partial charge in [0.05, 0.1) is 11.9 Å². The number of hydrogen-bond acceptors (Lipinski definition) is 3. The third-order valence-electron chi connectivity index (χ3n) is 5.47. The zero-order valence-corrected chi connectivity index (χ0v) is 17.6. The van der Waals surface area contributed by atoms with Gasteiger partial charge in [0.15, 0.2) is 0 Å². The molecule has 1 N–H and O–H groups in total. The van der Waals surface area contributed by atoms with Crippen LogP contribution in [0.25, 0.3) is 11.6 Å². The monoisotopic (exact) mass is 414 g/mol. The number of carbonyl (C=O) groups excluding carboxylic acids is 2. The molecular formula is C25H26N4O2. The summed E-state index contributed by atoms with van der Waals surface area (Å²) < 4.78 is 1.54. The predicted molar refractivity (Wildman–Crippen MR) is 122 cm³/mol. The Morgan fingerprint density at radius 2 is 1.58 bits per heavy atom. The molecule has 3 aromatic rings. The Labute approximate surface area is 182 Å². The first-order chi connectivity index (χ1) is 15.1. The van der Waals surface area contributed by atoms with Gasteiger partial charge in [-0.1, -0.05) is 60.7 Å². The van der Waals surface area contributed by atoms with Crippen LogP contribution in [0.5, 0.6) is 0 Å². The summed E-state index contributed by atoms with van der Waals surface area (Å²) in [6.07, 6.45) is 6.54. The van der Waals surface area contributed by atoms with Crippen LogP contribution in [-0.4, -0.2) is 39.6 Å². The van der Waals surface area contributed by atoms with Crippen LogP contribution in [0.4, 0.5) is 5.69 Å². The van der Waals surface area contributed by atoms with E-state index < -0.39 is 0 Å². The van der Waals surface area contributed by atoms with Crippen molar-refractivity contribution in [2.24, 2.45) is 7.05 Å². The zero-order valence-electron chi connectivity index (χ0n) is 17.6. The lowest BCUT2D eigenvalue weighted by Gasteiger charge is -2.27. The molecule has 0 bridgehead atoms. The number of nitrogens with zero attached hydrogens (tertiary/aromatic N) is 3. The third-order valence-corrected chi connectivity index (χ3v) is 5.47. The lowest BCUT2D eigenvalue weighted by Crippen LogP contribution is -2.37. The van der Waals surface area contributed by atoms with Gasteiger partial charge < -0.3 is 10.2 Å². The number of rotatable bonds is 5. The first-order valence-corrected chi connectivity index (χ1v) is 10.6. The minimum atomic E-state index is -0.282. The number of anilines is 1. The Hall–Kier alpha value is -3.67. The fourth-order valence-corrected chi connectivity index (χ4v) is 3.83. The lowest BCUT2D eigenvalue weighted by molar-refractivity contribution is -0.111. The van der Waals surface area contributed by atoms with Crippen LogP contribution in [0.1, 0.15) is 40.9 Å². The van der Waals surface area contributed by atoms with Crippen molar-refractivity contribution in [1.29, 1.82) is 0 Å². The molecule has 158 valence electrons. The first-order valence-electron chi connectivity index (χ1n) is 10.6. The number of likely N-dealkylation sites (tertiary alicyclic amines) is 1. The molecule has 4 rings (SSSR count). The van der Waals surface area contributed by atoms with E-state index in [4.69, 9.17) is 0 Å². The van der Waals surface area contributed by atoms with Crippen LogP contribution in [0.2, 0.25) is 0 Å². The topological polar surface area (TPSA) is 67.2 Å². The molecule has 0 aliphatic carbocycles. The van der Waals surface area contributed by atoms with Crippen LogP contribution in [0.3, 0.4) is 0 Å². The minimum Gasteiger partial charge on any atom is -0.337 e. The molecule has 31 heavy (non-hydrogen) atoms. The molecule has 2 heterocycles. The van der Waals surface area contributed by atoms with Crippen LogP contribution < -0.4 is 5.32 Å². The summed E-state index contributed by atoms with van der Waals surface area (Å²) in [6.45, 7) is 1.47. The van der Waals surface area contributed by atoms with Gasteiger partial charge in [0, 0.05) is 25.7 Å². The fourth-order valence-electron chi connectivity index (χ4n) is 3.83. The van der Waals surface area contributed by atoms with Crippen molar-refractivity contribution < 1.29 is 9.59 Å². The Morgan fingerprint density at radius 1 is 0.935 bits per heavy atom. The molecule has 0 radical (unpaired) electrons. The van der Waals surface area contributed by atoms with Gasteiger partial charge in [0.2, 0.25) is 0 Å². The van der Waals surface area contributed by atoms with Crippen molar-refractivity contribution in [3.05, 3.63) is 83.7 Å². The number of aryl methyl sites for hydroxylation is 1. The smallest absolute Gasteiger partial charge is 0.274 e. The number of carbonyl (C=O) groups is 2. The first kappa shape index (κ1) is 20.6. The summed E-state index contributed by atoms with van der Waals surface area (Å²) in [5.41, 5.74) is 3.08. The van der Waals surface area contributed by atoms with Gasteiger partial charge in [0.25, 0.3) is 11.8 Å². The molecule has 1 saturated heterocycles. The van der Waals surface area contributed by atoms with E-state index in [1.165, 1.54) is 4.68 Å². The summed E-state index contributed by atoms with van der Waals surface area (Å²) in [5, 5.41) is 7.17. The average molecular weight is 415 g/mol. The number of amides is 2. The second-order valence-electron chi connectivity index (χ2n) is 7.67. The normalized spacial score (nSPS) is 14.4. The molecule has 1 aliphatic heterocycles.